The zero-order valence-electron chi connectivity index (χ0n) is 8.62. The molecule has 0 N–H and O–H groups in total. The minimum absolute atomic E-state index is 0.0613. The molecule has 0 heterocycles. The summed E-state index contributed by atoms with van der Waals surface area (Å²) < 4.78 is 35.0. The number of benzene rings is 1. The molecule has 2 rings (SSSR count). The third-order valence-corrected chi connectivity index (χ3v) is 4.68. The summed E-state index contributed by atoms with van der Waals surface area (Å²) in [6.07, 6.45) is 2.69. The molecule has 1 saturated carbocycles. The molecule has 5 heteroatoms. The first-order valence-electron chi connectivity index (χ1n) is 5.09. The van der Waals surface area contributed by atoms with E-state index in [2.05, 4.69) is 0 Å². The van der Waals surface area contributed by atoms with E-state index in [0.717, 1.165) is 24.8 Å². The molecule has 0 saturated heterocycles. The zero-order chi connectivity index (χ0) is 11.8. The highest BCUT2D eigenvalue weighted by molar-refractivity contribution is 8.13. The Kier molecular flexibility index (Phi) is 2.97. The summed E-state index contributed by atoms with van der Waals surface area (Å²) in [6.45, 7) is -0.389. The average molecular weight is 263 g/mol. The first kappa shape index (κ1) is 11.9. The van der Waals surface area contributed by atoms with E-state index in [1.54, 1.807) is 12.1 Å². The van der Waals surface area contributed by atoms with Crippen molar-refractivity contribution in [3.63, 3.8) is 0 Å². The number of halogens is 2. The van der Waals surface area contributed by atoms with Crippen molar-refractivity contribution in [2.45, 2.75) is 29.6 Å². The Morgan fingerprint density at radius 1 is 1.25 bits per heavy atom. The number of hydrogen-bond acceptors (Lipinski definition) is 2. The molecule has 0 amide bonds. The molecule has 16 heavy (non-hydrogen) atoms. The summed E-state index contributed by atoms with van der Waals surface area (Å²) in [5.41, 5.74) is 0.486. The standard InChI is InChI=1S/C11H12ClFO2S/c12-16(14,15)10-4-2-9(3-5-10)11(8-13)6-1-7-11/h2-5H,1,6-8H2. The third kappa shape index (κ3) is 1.96. The summed E-state index contributed by atoms with van der Waals surface area (Å²) in [5.74, 6) is 0. The van der Waals surface area contributed by atoms with Gasteiger partial charge in [-0.05, 0) is 30.5 Å². The molecule has 0 aromatic heterocycles. The van der Waals surface area contributed by atoms with Gasteiger partial charge in [0.2, 0.25) is 0 Å². The van der Waals surface area contributed by atoms with E-state index in [1.165, 1.54) is 12.1 Å². The van der Waals surface area contributed by atoms with Crippen LogP contribution in [0.2, 0.25) is 0 Å². The van der Waals surface area contributed by atoms with E-state index in [-0.39, 0.29) is 17.0 Å². The van der Waals surface area contributed by atoms with Gasteiger partial charge >= 0.3 is 0 Å². The van der Waals surface area contributed by atoms with Crippen LogP contribution in [-0.4, -0.2) is 15.1 Å². The largest absolute Gasteiger partial charge is 0.261 e. The summed E-state index contributed by atoms with van der Waals surface area (Å²) >= 11 is 0. The van der Waals surface area contributed by atoms with Gasteiger partial charge in [-0.3, -0.25) is 4.39 Å². The fraction of sp³-hybridized carbons (Fsp3) is 0.455. The lowest BCUT2D eigenvalue weighted by atomic mass is 9.65. The molecule has 1 aliphatic carbocycles. The van der Waals surface area contributed by atoms with Crippen LogP contribution < -0.4 is 0 Å². The van der Waals surface area contributed by atoms with E-state index in [4.69, 9.17) is 10.7 Å². The van der Waals surface area contributed by atoms with Crippen LogP contribution in [-0.2, 0) is 14.5 Å². The van der Waals surface area contributed by atoms with Crippen LogP contribution in [0.5, 0.6) is 0 Å². The van der Waals surface area contributed by atoms with Crippen molar-refractivity contribution in [2.75, 3.05) is 6.67 Å². The van der Waals surface area contributed by atoms with Crippen molar-refractivity contribution in [1.82, 2.24) is 0 Å². The molecule has 0 bridgehead atoms. The molecule has 88 valence electrons. The van der Waals surface area contributed by atoms with Crippen LogP contribution in [0.15, 0.2) is 29.2 Å². The van der Waals surface area contributed by atoms with Crippen molar-refractivity contribution < 1.29 is 12.8 Å². The maximum Gasteiger partial charge on any atom is 0.261 e. The van der Waals surface area contributed by atoms with E-state index >= 15 is 0 Å². The fourth-order valence-electron chi connectivity index (χ4n) is 2.07. The van der Waals surface area contributed by atoms with Crippen LogP contribution >= 0.6 is 10.7 Å². The van der Waals surface area contributed by atoms with Gasteiger partial charge in [-0.15, -0.1) is 0 Å². The lowest BCUT2D eigenvalue weighted by Crippen LogP contribution is -2.36. The second-order valence-electron chi connectivity index (χ2n) is 4.23. The van der Waals surface area contributed by atoms with Crippen LogP contribution in [0.1, 0.15) is 24.8 Å². The molecule has 0 radical (unpaired) electrons. The molecule has 1 fully saturated rings. The van der Waals surface area contributed by atoms with E-state index in [1.807, 2.05) is 0 Å². The van der Waals surface area contributed by atoms with Crippen LogP contribution in [0, 0.1) is 0 Å². The molecule has 0 aliphatic heterocycles. The normalized spacial score (nSPS) is 19.1. The van der Waals surface area contributed by atoms with E-state index in [9.17, 15) is 12.8 Å². The van der Waals surface area contributed by atoms with Gasteiger partial charge in [0.1, 0.15) is 0 Å². The van der Waals surface area contributed by atoms with Gasteiger partial charge in [-0.1, -0.05) is 18.6 Å². The molecular weight excluding hydrogens is 251 g/mol. The van der Waals surface area contributed by atoms with Crippen molar-refractivity contribution >= 4 is 19.7 Å². The smallest absolute Gasteiger partial charge is 0.250 e. The lowest BCUT2D eigenvalue weighted by Gasteiger charge is -2.40. The minimum Gasteiger partial charge on any atom is -0.250 e. The van der Waals surface area contributed by atoms with Crippen molar-refractivity contribution in [1.29, 1.82) is 0 Å². The molecular formula is C11H12ClFO2S. The lowest BCUT2D eigenvalue weighted by molar-refractivity contribution is 0.184. The van der Waals surface area contributed by atoms with Crippen LogP contribution in [0.4, 0.5) is 4.39 Å². The number of hydrogen-bond donors (Lipinski definition) is 0. The average Bonchev–Trinajstić information content (AvgIpc) is 2.16. The summed E-state index contributed by atoms with van der Waals surface area (Å²) in [7, 11) is 1.52. The quantitative estimate of drug-likeness (QED) is 0.785. The monoisotopic (exact) mass is 262 g/mol. The van der Waals surface area contributed by atoms with Gasteiger partial charge in [-0.2, -0.15) is 0 Å². The summed E-state index contributed by atoms with van der Waals surface area (Å²) in [6, 6.07) is 6.20. The molecule has 2 nitrogen and oxygen atoms in total. The highest BCUT2D eigenvalue weighted by Crippen LogP contribution is 2.44. The Balaban J connectivity index is 2.33. The Bertz CT molecular complexity index is 472. The van der Waals surface area contributed by atoms with Gasteiger partial charge in [-0.25, -0.2) is 8.42 Å². The second-order valence-corrected chi connectivity index (χ2v) is 6.80. The first-order chi connectivity index (χ1) is 7.48. The molecule has 0 spiro atoms. The maximum atomic E-state index is 13.0. The van der Waals surface area contributed by atoms with Crippen molar-refractivity contribution in [2.24, 2.45) is 0 Å². The summed E-state index contributed by atoms with van der Waals surface area (Å²) in [4.78, 5) is 0.0613. The third-order valence-electron chi connectivity index (χ3n) is 3.31. The number of rotatable bonds is 3. The van der Waals surface area contributed by atoms with Crippen LogP contribution in [0.25, 0.3) is 0 Å². The van der Waals surface area contributed by atoms with E-state index < -0.39 is 9.05 Å². The Morgan fingerprint density at radius 2 is 1.81 bits per heavy atom. The molecule has 1 aromatic rings. The topological polar surface area (TPSA) is 34.1 Å². The maximum absolute atomic E-state index is 13.0. The van der Waals surface area contributed by atoms with Gasteiger partial charge in [0.25, 0.3) is 9.05 Å². The van der Waals surface area contributed by atoms with E-state index in [0.29, 0.717) is 0 Å². The summed E-state index contributed by atoms with van der Waals surface area (Å²) in [5, 5.41) is 0. The van der Waals surface area contributed by atoms with Gasteiger partial charge in [0.05, 0.1) is 11.6 Å². The second kappa shape index (κ2) is 4.00. The molecule has 0 atom stereocenters. The van der Waals surface area contributed by atoms with Crippen molar-refractivity contribution in [3.05, 3.63) is 29.8 Å². The van der Waals surface area contributed by atoms with Crippen LogP contribution in [0.3, 0.4) is 0 Å². The highest BCUT2D eigenvalue weighted by Gasteiger charge is 2.38. The van der Waals surface area contributed by atoms with Gasteiger partial charge < -0.3 is 0 Å². The molecule has 0 unspecified atom stereocenters. The minimum atomic E-state index is -3.68. The predicted molar refractivity (Wildman–Crippen MR) is 61.0 cm³/mol. The fourth-order valence-corrected chi connectivity index (χ4v) is 2.84. The first-order valence-corrected chi connectivity index (χ1v) is 7.40. The molecule has 1 aliphatic rings. The highest BCUT2D eigenvalue weighted by atomic mass is 35.7. The van der Waals surface area contributed by atoms with Crippen molar-refractivity contribution in [3.8, 4) is 0 Å². The Hall–Kier alpha value is -0.610. The van der Waals surface area contributed by atoms with Gasteiger partial charge in [0.15, 0.2) is 0 Å². The Labute approximate surface area is 98.8 Å². The Morgan fingerprint density at radius 3 is 2.12 bits per heavy atom. The van der Waals surface area contributed by atoms with Gasteiger partial charge in [0, 0.05) is 16.1 Å². The SMILES string of the molecule is O=S(=O)(Cl)c1ccc(C2(CF)CCC2)cc1. The zero-order valence-corrected chi connectivity index (χ0v) is 10.2. The molecule has 1 aromatic carbocycles. The predicted octanol–water partition coefficient (Wildman–Crippen LogP) is 3.01. The number of alkyl halides is 1.